The summed E-state index contributed by atoms with van der Waals surface area (Å²) < 4.78 is 1.41. The van der Waals surface area contributed by atoms with Crippen molar-refractivity contribution >= 4 is 22.4 Å². The quantitative estimate of drug-likeness (QED) is 0.423. The van der Waals surface area contributed by atoms with Crippen LogP contribution in [0, 0.1) is 12.8 Å². The molecule has 3 aromatic carbocycles. The molecule has 33 heavy (non-hydrogen) atoms. The maximum atomic E-state index is 12.9. The van der Waals surface area contributed by atoms with Crippen molar-refractivity contribution in [1.29, 1.82) is 0 Å². The predicted octanol–water partition coefficient (Wildman–Crippen LogP) is 5.63. The van der Waals surface area contributed by atoms with Gasteiger partial charge in [-0.25, -0.2) is 0 Å². The summed E-state index contributed by atoms with van der Waals surface area (Å²) in [5.74, 6) is 0.255. The summed E-state index contributed by atoms with van der Waals surface area (Å²) in [6.07, 6.45) is 1.03. The van der Waals surface area contributed by atoms with Crippen molar-refractivity contribution in [2.24, 2.45) is 5.92 Å². The number of benzene rings is 3. The highest BCUT2D eigenvalue weighted by Gasteiger charge is 2.16. The van der Waals surface area contributed by atoms with Crippen LogP contribution in [-0.4, -0.2) is 15.7 Å². The summed E-state index contributed by atoms with van der Waals surface area (Å²) in [5, 5.41) is 8.94. The summed E-state index contributed by atoms with van der Waals surface area (Å²) in [6, 6.07) is 22.9. The number of aryl methyl sites for hydroxylation is 1. The van der Waals surface area contributed by atoms with Gasteiger partial charge in [-0.3, -0.25) is 9.59 Å². The fraction of sp³-hybridized carbons (Fsp3) is 0.250. The monoisotopic (exact) mass is 439 g/mol. The summed E-state index contributed by atoms with van der Waals surface area (Å²) >= 11 is 0. The Hall–Kier alpha value is -3.73. The van der Waals surface area contributed by atoms with Gasteiger partial charge >= 0.3 is 0 Å². The second-order valence-electron chi connectivity index (χ2n) is 8.95. The number of hydrogen-bond acceptors (Lipinski definition) is 3. The van der Waals surface area contributed by atoms with Crippen LogP contribution in [0.4, 0.5) is 5.69 Å². The Labute approximate surface area is 194 Å². The second-order valence-corrected chi connectivity index (χ2v) is 8.95. The molecule has 0 unspecified atom stereocenters. The van der Waals surface area contributed by atoms with Gasteiger partial charge in [0, 0.05) is 11.1 Å². The van der Waals surface area contributed by atoms with Gasteiger partial charge in [0.05, 0.1) is 22.7 Å². The molecule has 0 spiro atoms. The first kappa shape index (κ1) is 22.5. The van der Waals surface area contributed by atoms with Crippen LogP contribution in [0.15, 0.2) is 77.6 Å². The van der Waals surface area contributed by atoms with Gasteiger partial charge in [-0.1, -0.05) is 56.3 Å². The van der Waals surface area contributed by atoms with Crippen molar-refractivity contribution < 1.29 is 4.79 Å². The van der Waals surface area contributed by atoms with Gasteiger partial charge in [-0.15, -0.1) is 0 Å². The van der Waals surface area contributed by atoms with E-state index >= 15 is 0 Å². The van der Waals surface area contributed by atoms with E-state index in [9.17, 15) is 9.59 Å². The Kier molecular flexibility index (Phi) is 6.40. The largest absolute Gasteiger partial charge is 0.326 e. The summed E-state index contributed by atoms with van der Waals surface area (Å²) in [6.45, 7) is 8.19. The molecule has 4 rings (SSSR count). The Morgan fingerprint density at radius 2 is 1.55 bits per heavy atom. The van der Waals surface area contributed by atoms with E-state index in [0.29, 0.717) is 22.7 Å². The number of fused-ring (bicyclic) bond motifs is 1. The number of rotatable bonds is 6. The number of aromatic nitrogens is 2. The molecule has 1 atom stereocenters. The van der Waals surface area contributed by atoms with E-state index in [1.165, 1.54) is 10.2 Å². The molecular weight excluding hydrogens is 410 g/mol. The molecule has 5 nitrogen and oxygen atoms in total. The van der Waals surface area contributed by atoms with Gasteiger partial charge in [-0.2, -0.15) is 9.78 Å². The Morgan fingerprint density at radius 3 is 2.18 bits per heavy atom. The maximum absolute atomic E-state index is 12.9. The van der Waals surface area contributed by atoms with Crippen LogP contribution in [0.5, 0.6) is 0 Å². The molecule has 168 valence electrons. The lowest BCUT2D eigenvalue weighted by Gasteiger charge is -2.14. The van der Waals surface area contributed by atoms with Crippen LogP contribution >= 0.6 is 0 Å². The molecule has 0 radical (unpaired) electrons. The van der Waals surface area contributed by atoms with Crippen molar-refractivity contribution in [3.8, 4) is 5.69 Å². The topological polar surface area (TPSA) is 64.0 Å². The van der Waals surface area contributed by atoms with Gasteiger partial charge < -0.3 is 5.32 Å². The lowest BCUT2D eigenvalue weighted by Crippen LogP contribution is -2.22. The van der Waals surface area contributed by atoms with E-state index in [4.69, 9.17) is 0 Å². The third-order valence-electron chi connectivity index (χ3n) is 5.89. The third-order valence-corrected chi connectivity index (χ3v) is 5.89. The molecule has 0 aliphatic carbocycles. The smallest absolute Gasteiger partial charge is 0.279 e. The zero-order valence-corrected chi connectivity index (χ0v) is 19.5. The number of amides is 1. The molecule has 1 N–H and O–H groups in total. The van der Waals surface area contributed by atoms with Crippen molar-refractivity contribution in [3.05, 3.63) is 100.0 Å². The predicted molar refractivity (Wildman–Crippen MR) is 134 cm³/mol. The fourth-order valence-electron chi connectivity index (χ4n) is 4.03. The van der Waals surface area contributed by atoms with Crippen molar-refractivity contribution in [2.75, 3.05) is 5.32 Å². The van der Waals surface area contributed by atoms with Gasteiger partial charge in [0.1, 0.15) is 0 Å². The minimum Gasteiger partial charge on any atom is -0.326 e. The lowest BCUT2D eigenvalue weighted by atomic mass is 9.96. The molecule has 0 saturated heterocycles. The average Bonchev–Trinajstić information content (AvgIpc) is 2.81. The first-order valence-corrected chi connectivity index (χ1v) is 11.3. The van der Waals surface area contributed by atoms with Crippen LogP contribution in [0.25, 0.3) is 16.5 Å². The summed E-state index contributed by atoms with van der Waals surface area (Å²) in [7, 11) is 0. The molecule has 1 heterocycles. The van der Waals surface area contributed by atoms with Crippen LogP contribution in [0.3, 0.4) is 0 Å². The normalized spacial score (nSPS) is 12.2. The number of carbonyl (C=O) groups excluding carboxylic acids is 1. The molecule has 1 aromatic heterocycles. The van der Waals surface area contributed by atoms with Gasteiger partial charge in [0.25, 0.3) is 5.56 Å². The lowest BCUT2D eigenvalue weighted by molar-refractivity contribution is -0.117. The first-order valence-electron chi connectivity index (χ1n) is 11.3. The van der Waals surface area contributed by atoms with Crippen LogP contribution < -0.4 is 10.9 Å². The Bertz CT molecular complexity index is 1340. The number of anilines is 1. The van der Waals surface area contributed by atoms with E-state index in [0.717, 1.165) is 23.1 Å². The van der Waals surface area contributed by atoms with Crippen LogP contribution in [-0.2, 0) is 11.2 Å². The minimum absolute atomic E-state index is 0.0730. The van der Waals surface area contributed by atoms with Crippen LogP contribution in [0.2, 0.25) is 0 Å². The van der Waals surface area contributed by atoms with E-state index < -0.39 is 0 Å². The number of carbonyl (C=O) groups is 1. The van der Waals surface area contributed by atoms with Crippen molar-refractivity contribution in [2.45, 2.75) is 40.0 Å². The van der Waals surface area contributed by atoms with E-state index in [1.54, 1.807) is 24.3 Å². The standard InChI is InChI=1S/C28H29N3O2/c1-18(2)17-21-9-11-22(12-10-21)19(3)27(32)29-23-13-15-24(16-14-23)31-28(33)26-8-6-5-7-25(26)20(4)30-31/h5-16,18-19H,17H2,1-4H3,(H,29,32)/t19-/m1/s1. The number of nitrogens with one attached hydrogen (secondary N) is 1. The molecule has 1 amide bonds. The molecule has 4 aromatic rings. The molecule has 0 saturated carbocycles. The summed E-state index contributed by atoms with van der Waals surface area (Å²) in [5.41, 5.74) is 4.22. The van der Waals surface area contributed by atoms with E-state index in [1.807, 2.05) is 50.2 Å². The third kappa shape index (κ3) is 4.87. The van der Waals surface area contributed by atoms with E-state index in [-0.39, 0.29) is 17.4 Å². The first-order chi connectivity index (χ1) is 15.8. The molecule has 5 heteroatoms. The Morgan fingerprint density at radius 1 is 0.909 bits per heavy atom. The van der Waals surface area contributed by atoms with Gasteiger partial charge in [0.2, 0.25) is 5.91 Å². The molecule has 0 fully saturated rings. The zero-order chi connectivity index (χ0) is 23.5. The average molecular weight is 440 g/mol. The number of nitrogens with zero attached hydrogens (tertiary/aromatic N) is 2. The molecule has 0 aliphatic rings. The van der Waals surface area contributed by atoms with Crippen molar-refractivity contribution in [3.63, 3.8) is 0 Å². The molecular formula is C28H29N3O2. The van der Waals surface area contributed by atoms with Gasteiger partial charge in [-0.05, 0) is 67.6 Å². The second kappa shape index (κ2) is 9.41. The summed E-state index contributed by atoms with van der Waals surface area (Å²) in [4.78, 5) is 25.7. The maximum Gasteiger partial charge on any atom is 0.279 e. The minimum atomic E-state index is -0.273. The zero-order valence-electron chi connectivity index (χ0n) is 19.5. The SMILES string of the molecule is Cc1nn(-c2ccc(NC(=O)[C@H](C)c3ccc(CC(C)C)cc3)cc2)c(=O)c2ccccc12. The van der Waals surface area contributed by atoms with E-state index in [2.05, 4.69) is 36.4 Å². The molecule has 0 aliphatic heterocycles. The molecule has 0 bridgehead atoms. The van der Waals surface area contributed by atoms with Gasteiger partial charge in [0.15, 0.2) is 0 Å². The highest BCUT2D eigenvalue weighted by Crippen LogP contribution is 2.21. The fourth-order valence-corrected chi connectivity index (χ4v) is 4.03. The van der Waals surface area contributed by atoms with Crippen molar-refractivity contribution in [1.82, 2.24) is 9.78 Å². The highest BCUT2D eigenvalue weighted by molar-refractivity contribution is 5.95. The van der Waals surface area contributed by atoms with Crippen LogP contribution in [0.1, 0.15) is 43.5 Å². The number of hydrogen-bond donors (Lipinski definition) is 1. The highest BCUT2D eigenvalue weighted by atomic mass is 16.2. The Balaban J connectivity index is 1.50.